The van der Waals surface area contributed by atoms with E-state index in [-0.39, 0.29) is 17.9 Å². The van der Waals surface area contributed by atoms with Crippen LogP contribution in [0, 0.1) is 16.7 Å². The highest BCUT2D eigenvalue weighted by Crippen LogP contribution is 2.28. The van der Waals surface area contributed by atoms with Crippen molar-refractivity contribution in [1.82, 2.24) is 9.80 Å². The van der Waals surface area contributed by atoms with Gasteiger partial charge in [0.15, 0.2) is 0 Å². The number of nitrogens with zero attached hydrogens (tertiary/aromatic N) is 3. The Morgan fingerprint density at radius 3 is 2.21 bits per heavy atom. The minimum absolute atomic E-state index is 0.0312. The molecular weight excluding hydrogens is 242 g/mol. The molecule has 1 rings (SSSR count). The molecule has 5 nitrogen and oxygen atoms in total. The van der Waals surface area contributed by atoms with E-state index in [0.717, 1.165) is 18.8 Å². The molecule has 0 aliphatic carbocycles. The van der Waals surface area contributed by atoms with Gasteiger partial charge in [-0.3, -0.25) is 4.79 Å². The lowest BCUT2D eigenvalue weighted by atomic mass is 9.90. The summed E-state index contributed by atoms with van der Waals surface area (Å²) in [7, 11) is 1.53. The molecule has 0 unspecified atom stereocenters. The summed E-state index contributed by atoms with van der Waals surface area (Å²) < 4.78 is 4.86. The maximum Gasteiger partial charge on any atom is 0.248 e. The Kier molecular flexibility index (Phi) is 5.37. The number of amides is 1. The predicted molar refractivity (Wildman–Crippen MR) is 73.2 cm³/mol. The summed E-state index contributed by atoms with van der Waals surface area (Å²) in [6.07, 6.45) is 1.62. The number of carbonyl (C=O) groups is 1. The van der Waals surface area contributed by atoms with Gasteiger partial charge in [-0.2, -0.15) is 5.26 Å². The van der Waals surface area contributed by atoms with Crippen LogP contribution in [0.5, 0.6) is 0 Å². The zero-order chi connectivity index (χ0) is 14.5. The Balaban J connectivity index is 2.65. The second-order valence-electron chi connectivity index (χ2n) is 5.71. The largest absolute Gasteiger partial charge is 0.375 e. The summed E-state index contributed by atoms with van der Waals surface area (Å²) in [6, 6.07) is 2.12. The summed E-state index contributed by atoms with van der Waals surface area (Å²) in [5, 5.41) is 8.91. The van der Waals surface area contributed by atoms with Crippen LogP contribution >= 0.6 is 0 Å². The highest BCUT2D eigenvalue weighted by atomic mass is 16.5. The number of hydrogen-bond acceptors (Lipinski definition) is 4. The molecule has 106 valence electrons. The molecule has 5 heteroatoms. The number of carbonyl (C=O) groups excluding carboxylic acids is 1. The summed E-state index contributed by atoms with van der Waals surface area (Å²) in [4.78, 5) is 15.7. The second kappa shape index (κ2) is 6.58. The fourth-order valence-electron chi connectivity index (χ4n) is 2.25. The van der Waals surface area contributed by atoms with Gasteiger partial charge in [0, 0.05) is 50.5 Å². The maximum absolute atomic E-state index is 11.7. The lowest BCUT2D eigenvalue weighted by Crippen LogP contribution is -2.50. The van der Waals surface area contributed by atoms with E-state index in [4.69, 9.17) is 10.00 Å². The Labute approximate surface area is 115 Å². The van der Waals surface area contributed by atoms with Crippen LogP contribution in [-0.4, -0.2) is 55.6 Å². The van der Waals surface area contributed by atoms with E-state index in [1.54, 1.807) is 6.08 Å². The number of ether oxygens (including phenoxy) is 1. The van der Waals surface area contributed by atoms with Crippen molar-refractivity contribution < 1.29 is 9.53 Å². The van der Waals surface area contributed by atoms with E-state index >= 15 is 0 Å². The van der Waals surface area contributed by atoms with Gasteiger partial charge in [-0.1, -0.05) is 20.8 Å². The van der Waals surface area contributed by atoms with Crippen LogP contribution in [0.1, 0.15) is 20.8 Å². The fraction of sp³-hybridized carbons (Fsp3) is 0.714. The fourth-order valence-corrected chi connectivity index (χ4v) is 2.25. The van der Waals surface area contributed by atoms with Gasteiger partial charge in [0.2, 0.25) is 5.91 Å². The highest BCUT2D eigenvalue weighted by molar-refractivity contribution is 5.77. The SMILES string of the molecule is COCC(=O)N1CCN(/C(=C/C#N)C(C)(C)C)CC1. The van der Waals surface area contributed by atoms with Crippen molar-refractivity contribution in [3.05, 3.63) is 11.8 Å². The van der Waals surface area contributed by atoms with E-state index in [2.05, 4.69) is 31.7 Å². The molecule has 0 aromatic rings. The molecule has 1 fully saturated rings. The van der Waals surface area contributed by atoms with Gasteiger partial charge in [0.05, 0.1) is 6.07 Å². The zero-order valence-electron chi connectivity index (χ0n) is 12.3. The minimum Gasteiger partial charge on any atom is -0.375 e. The third-order valence-corrected chi connectivity index (χ3v) is 3.21. The average Bonchev–Trinajstić information content (AvgIpc) is 2.35. The summed E-state index contributed by atoms with van der Waals surface area (Å²) in [6.45, 7) is 9.32. The monoisotopic (exact) mass is 265 g/mol. The van der Waals surface area contributed by atoms with Crippen LogP contribution in [-0.2, 0) is 9.53 Å². The quantitative estimate of drug-likeness (QED) is 0.720. The molecule has 1 saturated heterocycles. The number of rotatable bonds is 3. The van der Waals surface area contributed by atoms with Crippen molar-refractivity contribution in [2.75, 3.05) is 39.9 Å². The Morgan fingerprint density at radius 2 is 1.79 bits per heavy atom. The molecule has 0 spiro atoms. The van der Waals surface area contributed by atoms with E-state index in [0.29, 0.717) is 13.1 Å². The average molecular weight is 265 g/mol. The third kappa shape index (κ3) is 4.25. The lowest BCUT2D eigenvalue weighted by molar-refractivity contribution is -0.136. The van der Waals surface area contributed by atoms with Crippen LogP contribution in [0.25, 0.3) is 0 Å². The Bertz CT molecular complexity index is 382. The number of allylic oxidation sites excluding steroid dienone is 2. The van der Waals surface area contributed by atoms with E-state index in [1.165, 1.54) is 7.11 Å². The van der Waals surface area contributed by atoms with Gasteiger partial charge >= 0.3 is 0 Å². The van der Waals surface area contributed by atoms with Crippen LogP contribution in [0.15, 0.2) is 11.8 Å². The second-order valence-corrected chi connectivity index (χ2v) is 5.71. The van der Waals surface area contributed by atoms with E-state index in [9.17, 15) is 4.79 Å². The van der Waals surface area contributed by atoms with Crippen molar-refractivity contribution in [2.24, 2.45) is 5.41 Å². The molecule has 1 heterocycles. The molecule has 1 amide bonds. The molecule has 0 N–H and O–H groups in total. The molecule has 0 radical (unpaired) electrons. The van der Waals surface area contributed by atoms with Gasteiger partial charge in [-0.15, -0.1) is 0 Å². The molecule has 19 heavy (non-hydrogen) atoms. The number of nitriles is 1. The van der Waals surface area contributed by atoms with Crippen LogP contribution in [0.3, 0.4) is 0 Å². The normalized spacial score (nSPS) is 17.3. The molecule has 1 aliphatic rings. The molecule has 0 aromatic carbocycles. The first kappa shape index (κ1) is 15.5. The molecule has 0 atom stereocenters. The number of hydrogen-bond donors (Lipinski definition) is 0. The zero-order valence-corrected chi connectivity index (χ0v) is 12.3. The number of methoxy groups -OCH3 is 1. The lowest BCUT2D eigenvalue weighted by Gasteiger charge is -2.41. The Morgan fingerprint density at radius 1 is 1.26 bits per heavy atom. The van der Waals surface area contributed by atoms with Gasteiger partial charge in [0.25, 0.3) is 0 Å². The summed E-state index contributed by atoms with van der Waals surface area (Å²) in [5.41, 5.74) is 0.975. The Hall–Kier alpha value is -1.54. The maximum atomic E-state index is 11.7. The highest BCUT2D eigenvalue weighted by Gasteiger charge is 2.27. The first-order chi connectivity index (χ1) is 8.90. The topological polar surface area (TPSA) is 56.6 Å². The third-order valence-electron chi connectivity index (χ3n) is 3.21. The van der Waals surface area contributed by atoms with Crippen LogP contribution < -0.4 is 0 Å². The summed E-state index contributed by atoms with van der Waals surface area (Å²) in [5.74, 6) is 0.0312. The van der Waals surface area contributed by atoms with Crippen molar-refractivity contribution in [2.45, 2.75) is 20.8 Å². The molecular formula is C14H23N3O2. The molecule has 0 bridgehead atoms. The first-order valence-corrected chi connectivity index (χ1v) is 6.52. The number of piperazine rings is 1. The van der Waals surface area contributed by atoms with Crippen molar-refractivity contribution in [1.29, 1.82) is 5.26 Å². The van der Waals surface area contributed by atoms with E-state index in [1.807, 2.05) is 4.90 Å². The first-order valence-electron chi connectivity index (χ1n) is 6.52. The van der Waals surface area contributed by atoms with Crippen LogP contribution in [0.4, 0.5) is 0 Å². The van der Waals surface area contributed by atoms with Crippen LogP contribution in [0.2, 0.25) is 0 Å². The van der Waals surface area contributed by atoms with Gasteiger partial charge in [-0.25, -0.2) is 0 Å². The molecule has 1 aliphatic heterocycles. The molecule has 0 saturated carbocycles. The predicted octanol–water partition coefficient (Wildman–Crippen LogP) is 1.23. The summed E-state index contributed by atoms with van der Waals surface area (Å²) >= 11 is 0. The smallest absolute Gasteiger partial charge is 0.248 e. The van der Waals surface area contributed by atoms with Crippen molar-refractivity contribution in [3.63, 3.8) is 0 Å². The molecule has 0 aromatic heterocycles. The van der Waals surface area contributed by atoms with Crippen molar-refractivity contribution >= 4 is 5.91 Å². The van der Waals surface area contributed by atoms with Gasteiger partial charge in [0.1, 0.15) is 6.61 Å². The minimum atomic E-state index is -0.0611. The standard InChI is InChI=1S/C14H23N3O2/c1-14(2,3)12(5-6-15)16-7-9-17(10-8-16)13(18)11-19-4/h5H,7-11H2,1-4H3/b12-5+. The van der Waals surface area contributed by atoms with E-state index < -0.39 is 0 Å². The van der Waals surface area contributed by atoms with Gasteiger partial charge < -0.3 is 14.5 Å². The van der Waals surface area contributed by atoms with Crippen molar-refractivity contribution in [3.8, 4) is 6.07 Å². The van der Waals surface area contributed by atoms with Gasteiger partial charge in [-0.05, 0) is 0 Å².